The molecule has 32 heavy (non-hydrogen) atoms. The molecule has 160 valence electrons. The molecule has 0 spiro atoms. The number of anilines is 3. The van der Waals surface area contributed by atoms with Crippen LogP contribution in [0.4, 0.5) is 17.1 Å². The fourth-order valence-corrected chi connectivity index (χ4v) is 3.79. The van der Waals surface area contributed by atoms with Gasteiger partial charge in [0.1, 0.15) is 5.75 Å². The van der Waals surface area contributed by atoms with E-state index < -0.39 is 0 Å². The van der Waals surface area contributed by atoms with E-state index in [-0.39, 0.29) is 12.5 Å². The Morgan fingerprint density at radius 3 is 2.50 bits per heavy atom. The Hall–Kier alpha value is -4.17. The van der Waals surface area contributed by atoms with Gasteiger partial charge in [0.25, 0.3) is 11.8 Å². The van der Waals surface area contributed by atoms with E-state index in [0.717, 1.165) is 22.4 Å². The predicted octanol–water partition coefficient (Wildman–Crippen LogP) is 4.26. The summed E-state index contributed by atoms with van der Waals surface area (Å²) in [4.78, 5) is 12.8. The molecular formula is C24H20N4O4. The fourth-order valence-electron chi connectivity index (χ4n) is 3.79. The van der Waals surface area contributed by atoms with Crippen molar-refractivity contribution in [3.05, 3.63) is 72.1 Å². The molecule has 0 fully saturated rings. The molecule has 0 saturated carbocycles. The zero-order valence-corrected chi connectivity index (χ0v) is 17.3. The number of methoxy groups -OCH3 is 1. The molecule has 1 aliphatic rings. The van der Waals surface area contributed by atoms with E-state index in [0.29, 0.717) is 40.6 Å². The van der Waals surface area contributed by atoms with Crippen molar-refractivity contribution >= 4 is 23.0 Å². The number of benzene rings is 3. The van der Waals surface area contributed by atoms with Crippen molar-refractivity contribution in [2.75, 3.05) is 24.4 Å². The van der Waals surface area contributed by atoms with E-state index in [1.807, 2.05) is 48.5 Å². The fraction of sp³-hybridized carbons (Fsp3) is 0.125. The molecule has 4 aromatic rings. The second kappa shape index (κ2) is 8.16. The molecule has 0 bridgehead atoms. The van der Waals surface area contributed by atoms with Gasteiger partial charge in [-0.15, -0.1) is 10.2 Å². The molecule has 1 aromatic heterocycles. The van der Waals surface area contributed by atoms with Gasteiger partial charge in [0, 0.05) is 6.61 Å². The van der Waals surface area contributed by atoms with E-state index in [2.05, 4.69) is 20.8 Å². The maximum Gasteiger partial charge on any atom is 0.257 e. The highest BCUT2D eigenvalue weighted by atomic mass is 16.5. The highest BCUT2D eigenvalue weighted by Gasteiger charge is 2.20. The van der Waals surface area contributed by atoms with Crippen LogP contribution in [-0.4, -0.2) is 34.9 Å². The van der Waals surface area contributed by atoms with Crippen molar-refractivity contribution in [1.29, 1.82) is 0 Å². The quantitative estimate of drug-likeness (QED) is 0.436. The molecule has 0 aliphatic carbocycles. The maximum atomic E-state index is 12.8. The van der Waals surface area contributed by atoms with Crippen LogP contribution in [-0.2, 0) is 6.42 Å². The van der Waals surface area contributed by atoms with Crippen LogP contribution in [0.2, 0.25) is 0 Å². The van der Waals surface area contributed by atoms with E-state index >= 15 is 0 Å². The van der Waals surface area contributed by atoms with Crippen LogP contribution >= 0.6 is 0 Å². The molecule has 3 N–H and O–H groups in total. The molecule has 8 heteroatoms. The van der Waals surface area contributed by atoms with Gasteiger partial charge in [-0.05, 0) is 59.5 Å². The van der Waals surface area contributed by atoms with E-state index in [9.17, 15) is 9.90 Å². The number of fused-ring (bicyclic) bond motifs is 2. The molecule has 2 heterocycles. The minimum absolute atomic E-state index is 0.0541. The third-order valence-corrected chi connectivity index (χ3v) is 5.39. The third-order valence-electron chi connectivity index (χ3n) is 5.39. The summed E-state index contributed by atoms with van der Waals surface area (Å²) in [5.74, 6) is 0.795. The lowest BCUT2D eigenvalue weighted by Gasteiger charge is -2.12. The standard InChI is InChI=1S/C24H20N4O4/c1-31-22-12-16(4-6-18(22)24-28-25-13-32-24)15-3-5-17-20(11-15)26-19-7-2-14(8-9-29)10-21(19)27-23(17)30/h2-7,10-13,26,29H,8-9H2,1H3,(H,27,30). The van der Waals surface area contributed by atoms with Crippen LogP contribution in [0.1, 0.15) is 15.9 Å². The molecule has 8 nitrogen and oxygen atoms in total. The Morgan fingerprint density at radius 1 is 0.938 bits per heavy atom. The monoisotopic (exact) mass is 428 g/mol. The Bertz CT molecular complexity index is 1300. The van der Waals surface area contributed by atoms with Gasteiger partial charge in [0.05, 0.1) is 35.3 Å². The van der Waals surface area contributed by atoms with Gasteiger partial charge in [0.15, 0.2) is 0 Å². The Morgan fingerprint density at radius 2 is 1.75 bits per heavy atom. The summed E-state index contributed by atoms with van der Waals surface area (Å²) >= 11 is 0. The van der Waals surface area contributed by atoms with Gasteiger partial charge in [-0.25, -0.2) is 0 Å². The molecule has 0 atom stereocenters. The molecule has 0 radical (unpaired) electrons. The van der Waals surface area contributed by atoms with E-state index in [1.165, 1.54) is 6.39 Å². The number of rotatable bonds is 5. The number of carbonyl (C=O) groups is 1. The number of nitrogens with one attached hydrogen (secondary N) is 2. The summed E-state index contributed by atoms with van der Waals surface area (Å²) < 4.78 is 10.8. The van der Waals surface area contributed by atoms with Crippen LogP contribution in [0.3, 0.4) is 0 Å². The number of hydrogen-bond donors (Lipinski definition) is 3. The van der Waals surface area contributed by atoms with E-state index in [4.69, 9.17) is 9.15 Å². The average molecular weight is 428 g/mol. The number of aliphatic hydroxyl groups is 1. The van der Waals surface area contributed by atoms with Crippen LogP contribution in [0.15, 0.2) is 65.4 Å². The van der Waals surface area contributed by atoms with Gasteiger partial charge >= 0.3 is 0 Å². The third kappa shape index (κ3) is 3.57. The predicted molar refractivity (Wildman–Crippen MR) is 120 cm³/mol. The lowest BCUT2D eigenvalue weighted by Crippen LogP contribution is -2.11. The first-order valence-electron chi connectivity index (χ1n) is 10.1. The number of hydrogen-bond acceptors (Lipinski definition) is 7. The highest BCUT2D eigenvalue weighted by Crippen LogP contribution is 2.37. The van der Waals surface area contributed by atoms with Crippen LogP contribution in [0, 0.1) is 0 Å². The van der Waals surface area contributed by atoms with E-state index in [1.54, 1.807) is 13.2 Å². The first kappa shape index (κ1) is 19.8. The minimum Gasteiger partial charge on any atom is -0.496 e. The number of aromatic nitrogens is 2. The highest BCUT2D eigenvalue weighted by molar-refractivity contribution is 6.12. The van der Waals surface area contributed by atoms with Crippen LogP contribution < -0.4 is 15.4 Å². The van der Waals surface area contributed by atoms with Crippen molar-refractivity contribution in [3.63, 3.8) is 0 Å². The summed E-state index contributed by atoms with van der Waals surface area (Å²) in [5.41, 5.74) is 6.21. The molecule has 5 rings (SSSR count). The lowest BCUT2D eigenvalue weighted by molar-refractivity contribution is 0.102. The number of nitrogens with zero attached hydrogens (tertiary/aromatic N) is 2. The Kier molecular flexibility index (Phi) is 5.04. The Labute approximate surface area is 183 Å². The number of aliphatic hydroxyl groups excluding tert-OH is 1. The first-order chi connectivity index (χ1) is 15.7. The summed E-state index contributed by atoms with van der Waals surface area (Å²) in [6.45, 7) is 0.0541. The SMILES string of the molecule is COc1cc(-c2ccc3c(c2)Nc2ccc(CCO)cc2NC3=O)ccc1-c1nnco1. The molecule has 1 aliphatic heterocycles. The Balaban J connectivity index is 1.52. The summed E-state index contributed by atoms with van der Waals surface area (Å²) in [6, 6.07) is 17.1. The van der Waals surface area contributed by atoms with Crippen LogP contribution in [0.25, 0.3) is 22.6 Å². The van der Waals surface area contributed by atoms with Crippen LogP contribution in [0.5, 0.6) is 5.75 Å². The number of amides is 1. The lowest BCUT2D eigenvalue weighted by atomic mass is 10.00. The zero-order valence-electron chi connectivity index (χ0n) is 17.3. The van der Waals surface area contributed by atoms with Gasteiger partial charge in [0.2, 0.25) is 6.39 Å². The number of ether oxygens (including phenoxy) is 1. The molecule has 3 aromatic carbocycles. The van der Waals surface area contributed by atoms with Gasteiger partial charge in [-0.3, -0.25) is 4.79 Å². The second-order valence-corrected chi connectivity index (χ2v) is 7.35. The van der Waals surface area contributed by atoms with Crippen molar-refractivity contribution < 1.29 is 19.1 Å². The zero-order chi connectivity index (χ0) is 22.1. The molecule has 1 amide bonds. The molecule has 0 unspecified atom stereocenters. The van der Waals surface area contributed by atoms with Gasteiger partial charge in [-0.1, -0.05) is 18.2 Å². The topological polar surface area (TPSA) is 110 Å². The summed E-state index contributed by atoms with van der Waals surface area (Å²) in [6.07, 6.45) is 1.80. The largest absolute Gasteiger partial charge is 0.496 e. The minimum atomic E-state index is -0.191. The van der Waals surface area contributed by atoms with Crippen molar-refractivity contribution in [2.45, 2.75) is 6.42 Å². The first-order valence-corrected chi connectivity index (χ1v) is 10.1. The van der Waals surface area contributed by atoms with Crippen molar-refractivity contribution in [1.82, 2.24) is 10.2 Å². The average Bonchev–Trinajstić information content (AvgIpc) is 3.30. The van der Waals surface area contributed by atoms with Gasteiger partial charge in [-0.2, -0.15) is 0 Å². The molecule has 0 saturated heterocycles. The maximum absolute atomic E-state index is 12.8. The smallest absolute Gasteiger partial charge is 0.257 e. The summed E-state index contributed by atoms with van der Waals surface area (Å²) in [7, 11) is 1.59. The normalized spacial score (nSPS) is 12.2. The summed E-state index contributed by atoms with van der Waals surface area (Å²) in [5, 5.41) is 23.2. The molecular weight excluding hydrogens is 408 g/mol. The van der Waals surface area contributed by atoms with Gasteiger partial charge < -0.3 is 24.9 Å². The van der Waals surface area contributed by atoms with Crippen molar-refractivity contribution in [2.24, 2.45) is 0 Å². The van der Waals surface area contributed by atoms with Crippen molar-refractivity contribution in [3.8, 4) is 28.3 Å². The number of carbonyl (C=O) groups excluding carboxylic acids is 1. The second-order valence-electron chi connectivity index (χ2n) is 7.35.